The minimum absolute atomic E-state index is 0.313. The van der Waals surface area contributed by atoms with Gasteiger partial charge >= 0.3 is 0 Å². The number of aromatic nitrogens is 2. The van der Waals surface area contributed by atoms with Crippen molar-refractivity contribution in [3.05, 3.63) is 66.0 Å². The average Bonchev–Trinajstić information content (AvgIpc) is 2.53. The monoisotopic (exact) mass is 301 g/mol. The van der Waals surface area contributed by atoms with E-state index in [2.05, 4.69) is 15.3 Å². The van der Waals surface area contributed by atoms with Gasteiger partial charge in [-0.25, -0.2) is 18.7 Å². The molecule has 0 fully saturated rings. The number of anilines is 1. The van der Waals surface area contributed by atoms with Gasteiger partial charge in [-0.2, -0.15) is 0 Å². The van der Waals surface area contributed by atoms with Crippen LogP contribution in [0.1, 0.15) is 11.6 Å². The number of aliphatic hydroxyl groups is 1. The van der Waals surface area contributed by atoms with E-state index in [4.69, 9.17) is 0 Å². The van der Waals surface area contributed by atoms with Gasteiger partial charge in [0, 0.05) is 10.9 Å². The van der Waals surface area contributed by atoms with Crippen LogP contribution in [0, 0.1) is 11.6 Å². The molecule has 0 bridgehead atoms. The van der Waals surface area contributed by atoms with Crippen LogP contribution in [0.15, 0.2) is 48.8 Å². The van der Waals surface area contributed by atoms with Crippen LogP contribution in [0.2, 0.25) is 0 Å². The Kier molecular flexibility index (Phi) is 3.93. The summed E-state index contributed by atoms with van der Waals surface area (Å²) >= 11 is 0. The van der Waals surface area contributed by atoms with Gasteiger partial charge in [0.1, 0.15) is 23.8 Å². The Morgan fingerprint density at radius 2 is 1.91 bits per heavy atom. The van der Waals surface area contributed by atoms with Gasteiger partial charge in [-0.3, -0.25) is 0 Å². The van der Waals surface area contributed by atoms with Crippen LogP contribution in [0.5, 0.6) is 0 Å². The summed E-state index contributed by atoms with van der Waals surface area (Å²) in [5, 5.41) is 13.0. The highest BCUT2D eigenvalue weighted by molar-refractivity contribution is 5.88. The molecule has 0 saturated carbocycles. The molecule has 112 valence electrons. The predicted molar refractivity (Wildman–Crippen MR) is 79.3 cm³/mol. The highest BCUT2D eigenvalue weighted by Crippen LogP contribution is 2.25. The number of halogens is 2. The number of fused-ring (bicyclic) bond motifs is 1. The maximum absolute atomic E-state index is 13.9. The zero-order valence-corrected chi connectivity index (χ0v) is 11.5. The summed E-state index contributed by atoms with van der Waals surface area (Å²) in [7, 11) is 0. The summed E-state index contributed by atoms with van der Waals surface area (Å²) in [6.45, 7) is -0.332. The maximum atomic E-state index is 13.9. The molecule has 2 N–H and O–H groups in total. The summed E-state index contributed by atoms with van der Waals surface area (Å²) in [6.07, 6.45) is 1.33. The third kappa shape index (κ3) is 2.73. The van der Waals surface area contributed by atoms with E-state index in [1.807, 2.05) is 0 Å². The molecule has 0 aliphatic carbocycles. The van der Waals surface area contributed by atoms with Gasteiger partial charge in [0.2, 0.25) is 0 Å². The van der Waals surface area contributed by atoms with Gasteiger partial charge in [0.15, 0.2) is 0 Å². The van der Waals surface area contributed by atoms with Gasteiger partial charge < -0.3 is 10.4 Å². The Hall–Kier alpha value is -2.60. The van der Waals surface area contributed by atoms with E-state index in [1.54, 1.807) is 18.2 Å². The summed E-state index contributed by atoms with van der Waals surface area (Å²) in [5.41, 5.74) is 0.872. The normalized spacial score (nSPS) is 12.3. The van der Waals surface area contributed by atoms with Crippen LogP contribution in [0.25, 0.3) is 10.9 Å². The molecule has 4 nitrogen and oxygen atoms in total. The van der Waals surface area contributed by atoms with Crippen molar-refractivity contribution in [1.29, 1.82) is 0 Å². The molecule has 0 radical (unpaired) electrons. The molecule has 6 heteroatoms. The quantitative estimate of drug-likeness (QED) is 0.777. The predicted octanol–water partition coefficient (Wildman–Crippen LogP) is 3.05. The SMILES string of the molecule is OCC(Nc1ncnc2ccc(F)cc12)c1ccccc1F. The van der Waals surface area contributed by atoms with Crippen LogP contribution in [0.4, 0.5) is 14.6 Å². The zero-order chi connectivity index (χ0) is 15.5. The van der Waals surface area contributed by atoms with Crippen LogP contribution in [-0.2, 0) is 0 Å². The number of rotatable bonds is 4. The van der Waals surface area contributed by atoms with Gasteiger partial charge in [-0.1, -0.05) is 18.2 Å². The fourth-order valence-corrected chi connectivity index (χ4v) is 2.29. The summed E-state index contributed by atoms with van der Waals surface area (Å²) < 4.78 is 27.3. The lowest BCUT2D eigenvalue weighted by molar-refractivity contribution is 0.273. The lowest BCUT2D eigenvalue weighted by Gasteiger charge is -2.18. The summed E-state index contributed by atoms with van der Waals surface area (Å²) in [6, 6.07) is 9.60. The first kappa shape index (κ1) is 14.3. The summed E-state index contributed by atoms with van der Waals surface area (Å²) in [5.74, 6) is -0.512. The van der Waals surface area contributed by atoms with Crippen molar-refractivity contribution in [1.82, 2.24) is 9.97 Å². The molecule has 0 amide bonds. The van der Waals surface area contributed by atoms with Crippen molar-refractivity contribution in [2.24, 2.45) is 0 Å². The second-order valence-corrected chi connectivity index (χ2v) is 4.78. The van der Waals surface area contributed by atoms with Crippen LogP contribution in [-0.4, -0.2) is 21.7 Å². The van der Waals surface area contributed by atoms with Crippen LogP contribution < -0.4 is 5.32 Å². The van der Waals surface area contributed by atoms with Gasteiger partial charge in [0.25, 0.3) is 0 Å². The number of nitrogens with zero attached hydrogens (tertiary/aromatic N) is 2. The van der Waals surface area contributed by atoms with E-state index in [-0.39, 0.29) is 6.61 Å². The third-order valence-electron chi connectivity index (χ3n) is 3.37. The van der Waals surface area contributed by atoms with E-state index < -0.39 is 17.7 Å². The van der Waals surface area contributed by atoms with E-state index in [0.717, 1.165) is 0 Å². The fourth-order valence-electron chi connectivity index (χ4n) is 2.29. The van der Waals surface area contributed by atoms with Gasteiger partial charge in [-0.15, -0.1) is 0 Å². The van der Waals surface area contributed by atoms with Crippen LogP contribution >= 0.6 is 0 Å². The Balaban J connectivity index is 2.01. The molecule has 3 rings (SSSR count). The van der Waals surface area contributed by atoms with Crippen molar-refractivity contribution in [2.75, 3.05) is 11.9 Å². The largest absolute Gasteiger partial charge is 0.394 e. The number of aliphatic hydroxyl groups excluding tert-OH is 1. The fraction of sp³-hybridized carbons (Fsp3) is 0.125. The molecule has 1 unspecified atom stereocenters. The maximum Gasteiger partial charge on any atom is 0.137 e. The molecule has 1 heterocycles. The lowest BCUT2D eigenvalue weighted by Crippen LogP contribution is -2.17. The molecular weight excluding hydrogens is 288 g/mol. The Morgan fingerprint density at radius 3 is 2.68 bits per heavy atom. The molecule has 1 atom stereocenters. The van der Waals surface area contributed by atoms with Crippen molar-refractivity contribution in [3.63, 3.8) is 0 Å². The minimum Gasteiger partial charge on any atom is -0.394 e. The highest BCUT2D eigenvalue weighted by Gasteiger charge is 2.16. The Bertz CT molecular complexity index is 810. The highest BCUT2D eigenvalue weighted by atomic mass is 19.1. The first-order chi connectivity index (χ1) is 10.7. The number of hydrogen-bond acceptors (Lipinski definition) is 4. The molecule has 0 spiro atoms. The smallest absolute Gasteiger partial charge is 0.137 e. The molecule has 0 aliphatic rings. The molecule has 22 heavy (non-hydrogen) atoms. The second-order valence-electron chi connectivity index (χ2n) is 4.78. The molecule has 0 aliphatic heterocycles. The standard InChI is InChI=1S/C16H13F2N3O/c17-10-5-6-14-12(7-10)16(20-9-19-14)21-15(8-22)11-3-1-2-4-13(11)18/h1-7,9,15,22H,8H2,(H,19,20,21). The van der Waals surface area contributed by atoms with E-state index in [9.17, 15) is 13.9 Å². The van der Waals surface area contributed by atoms with Gasteiger partial charge in [-0.05, 0) is 24.3 Å². The second kappa shape index (κ2) is 6.03. The van der Waals surface area contributed by atoms with Crippen molar-refractivity contribution in [2.45, 2.75) is 6.04 Å². The van der Waals surface area contributed by atoms with E-state index >= 15 is 0 Å². The van der Waals surface area contributed by atoms with Crippen molar-refractivity contribution >= 4 is 16.7 Å². The van der Waals surface area contributed by atoms with Gasteiger partial charge in [0.05, 0.1) is 18.2 Å². The topological polar surface area (TPSA) is 58.0 Å². The average molecular weight is 301 g/mol. The summed E-state index contributed by atoms with van der Waals surface area (Å²) in [4.78, 5) is 8.12. The van der Waals surface area contributed by atoms with E-state index in [1.165, 1.54) is 30.6 Å². The Morgan fingerprint density at radius 1 is 1.09 bits per heavy atom. The van der Waals surface area contributed by atoms with E-state index in [0.29, 0.717) is 22.3 Å². The molecule has 1 aromatic heterocycles. The minimum atomic E-state index is -0.692. The molecule has 0 saturated heterocycles. The van der Waals surface area contributed by atoms with Crippen molar-refractivity contribution in [3.8, 4) is 0 Å². The molecule has 2 aromatic carbocycles. The van der Waals surface area contributed by atoms with Crippen LogP contribution in [0.3, 0.4) is 0 Å². The first-order valence-corrected chi connectivity index (χ1v) is 6.71. The number of nitrogens with one attached hydrogen (secondary N) is 1. The van der Waals surface area contributed by atoms with Crippen molar-refractivity contribution < 1.29 is 13.9 Å². The zero-order valence-electron chi connectivity index (χ0n) is 11.5. The number of benzene rings is 2. The first-order valence-electron chi connectivity index (χ1n) is 6.71. The molecular formula is C16H13F2N3O. The Labute approximate surface area is 125 Å². The lowest BCUT2D eigenvalue weighted by atomic mass is 10.1. The number of hydrogen-bond donors (Lipinski definition) is 2. The third-order valence-corrected chi connectivity index (χ3v) is 3.37. The molecule has 3 aromatic rings.